The van der Waals surface area contributed by atoms with Crippen molar-refractivity contribution in [2.45, 2.75) is 20.8 Å². The average Bonchev–Trinajstić information content (AvgIpc) is 3.12. The minimum Gasteiger partial charge on any atom is -0.493 e. The first-order valence-electron chi connectivity index (χ1n) is 9.35. The van der Waals surface area contributed by atoms with Crippen LogP contribution in [0, 0.1) is 20.8 Å². The molecule has 9 nitrogen and oxygen atoms in total. The van der Waals surface area contributed by atoms with Gasteiger partial charge in [0.2, 0.25) is 5.75 Å². The lowest BCUT2D eigenvalue weighted by atomic mass is 10.1. The lowest BCUT2D eigenvalue weighted by Crippen LogP contribution is -2.23. The number of aryl methyl sites for hydroxylation is 3. The summed E-state index contributed by atoms with van der Waals surface area (Å²) in [6.45, 7) is 5.39. The third-order valence-electron chi connectivity index (χ3n) is 4.86. The van der Waals surface area contributed by atoms with Crippen LogP contribution in [-0.4, -0.2) is 42.0 Å². The van der Waals surface area contributed by atoms with Gasteiger partial charge in [-0.15, -0.1) is 11.3 Å². The number of carbonyl (C=O) groups is 1. The number of hydrogen-bond acceptors (Lipinski definition) is 8. The molecule has 0 fully saturated rings. The van der Waals surface area contributed by atoms with Crippen LogP contribution in [0.1, 0.15) is 26.6 Å². The molecule has 3 rings (SSSR count). The Morgan fingerprint density at radius 2 is 1.65 bits per heavy atom. The van der Waals surface area contributed by atoms with Crippen LogP contribution in [0.5, 0.6) is 17.2 Å². The summed E-state index contributed by atoms with van der Waals surface area (Å²) in [7, 11) is 6.11. The standard InChI is InChI=1S/C21H24N4O5S/c1-10-11(2)24-25(4)21(27)16(10)20-22-12(3)18(31-20)19(26)23-13-8-14(28-5)17(30-7)15(9-13)29-6/h8-9H,1-7H3,(H,23,26). The van der Waals surface area contributed by atoms with E-state index in [1.165, 1.54) is 26.0 Å². The predicted octanol–water partition coefficient (Wildman–Crippen LogP) is 3.11. The van der Waals surface area contributed by atoms with Crippen molar-refractivity contribution >= 4 is 22.9 Å². The van der Waals surface area contributed by atoms with E-state index in [1.807, 2.05) is 13.8 Å². The molecular formula is C21H24N4O5S. The van der Waals surface area contributed by atoms with Gasteiger partial charge in [0.1, 0.15) is 9.88 Å². The number of rotatable bonds is 6. The Morgan fingerprint density at radius 1 is 1.03 bits per heavy atom. The summed E-state index contributed by atoms with van der Waals surface area (Å²) in [6.07, 6.45) is 0. The van der Waals surface area contributed by atoms with Crippen LogP contribution >= 0.6 is 11.3 Å². The summed E-state index contributed by atoms with van der Waals surface area (Å²) in [5, 5.41) is 7.51. The highest BCUT2D eigenvalue weighted by molar-refractivity contribution is 7.17. The van der Waals surface area contributed by atoms with Gasteiger partial charge in [0.05, 0.1) is 38.3 Å². The maximum absolute atomic E-state index is 13.0. The Hall–Kier alpha value is -3.40. The Kier molecular flexibility index (Phi) is 6.30. The largest absolute Gasteiger partial charge is 0.493 e. The highest BCUT2D eigenvalue weighted by atomic mass is 32.1. The van der Waals surface area contributed by atoms with Crippen molar-refractivity contribution in [3.8, 4) is 27.8 Å². The Labute approximate surface area is 183 Å². The van der Waals surface area contributed by atoms with Gasteiger partial charge < -0.3 is 19.5 Å². The first-order valence-corrected chi connectivity index (χ1v) is 10.2. The molecule has 0 bridgehead atoms. The molecule has 0 aliphatic rings. The fourth-order valence-electron chi connectivity index (χ4n) is 3.16. The lowest BCUT2D eigenvalue weighted by molar-refractivity contribution is 0.103. The molecule has 2 aromatic heterocycles. The first kappa shape index (κ1) is 22.3. The van der Waals surface area contributed by atoms with Crippen molar-refractivity contribution in [2.75, 3.05) is 26.6 Å². The fourth-order valence-corrected chi connectivity index (χ4v) is 4.21. The second kappa shape index (κ2) is 8.76. The molecule has 0 saturated carbocycles. The minimum absolute atomic E-state index is 0.256. The van der Waals surface area contributed by atoms with Crippen LogP contribution in [0.3, 0.4) is 0 Å². The van der Waals surface area contributed by atoms with Crippen LogP contribution in [0.4, 0.5) is 5.69 Å². The average molecular weight is 445 g/mol. The zero-order valence-electron chi connectivity index (χ0n) is 18.4. The summed E-state index contributed by atoms with van der Waals surface area (Å²) >= 11 is 1.16. The van der Waals surface area contributed by atoms with E-state index in [1.54, 1.807) is 26.1 Å². The van der Waals surface area contributed by atoms with Crippen molar-refractivity contribution < 1.29 is 19.0 Å². The number of aromatic nitrogens is 3. The van der Waals surface area contributed by atoms with E-state index in [9.17, 15) is 9.59 Å². The molecule has 0 spiro atoms. The van der Waals surface area contributed by atoms with Crippen molar-refractivity contribution in [1.29, 1.82) is 0 Å². The number of methoxy groups -OCH3 is 3. The van der Waals surface area contributed by atoms with E-state index in [-0.39, 0.29) is 11.5 Å². The van der Waals surface area contributed by atoms with Gasteiger partial charge in [-0.3, -0.25) is 9.59 Å². The van der Waals surface area contributed by atoms with Crippen molar-refractivity contribution in [2.24, 2.45) is 7.05 Å². The smallest absolute Gasteiger partial charge is 0.277 e. The van der Waals surface area contributed by atoms with Crippen LogP contribution < -0.4 is 25.1 Å². The van der Waals surface area contributed by atoms with Crippen LogP contribution in [-0.2, 0) is 7.05 Å². The van der Waals surface area contributed by atoms with Gasteiger partial charge in [-0.25, -0.2) is 9.67 Å². The van der Waals surface area contributed by atoms with Crippen LogP contribution in [0.2, 0.25) is 0 Å². The molecule has 1 amide bonds. The van der Waals surface area contributed by atoms with E-state index in [4.69, 9.17) is 14.2 Å². The Morgan fingerprint density at radius 3 is 2.19 bits per heavy atom. The minimum atomic E-state index is -0.351. The zero-order chi connectivity index (χ0) is 22.9. The first-order chi connectivity index (χ1) is 14.7. The van der Waals surface area contributed by atoms with Crippen molar-refractivity contribution in [1.82, 2.24) is 14.8 Å². The number of anilines is 1. The molecule has 0 aliphatic carbocycles. The van der Waals surface area contributed by atoms with Crippen molar-refractivity contribution in [3.63, 3.8) is 0 Å². The number of nitrogens with zero attached hydrogens (tertiary/aromatic N) is 3. The van der Waals surface area contributed by atoms with Gasteiger partial charge in [0, 0.05) is 24.9 Å². The maximum atomic E-state index is 13.0. The molecular weight excluding hydrogens is 420 g/mol. The lowest BCUT2D eigenvalue weighted by Gasteiger charge is -2.14. The van der Waals surface area contributed by atoms with Crippen LogP contribution in [0.25, 0.3) is 10.6 Å². The number of amides is 1. The van der Waals surface area contributed by atoms with Gasteiger partial charge in [-0.1, -0.05) is 0 Å². The molecule has 0 radical (unpaired) electrons. The van der Waals surface area contributed by atoms with E-state index >= 15 is 0 Å². The van der Waals surface area contributed by atoms with E-state index in [2.05, 4.69) is 15.4 Å². The van der Waals surface area contributed by atoms with E-state index < -0.39 is 0 Å². The van der Waals surface area contributed by atoms with Gasteiger partial charge >= 0.3 is 0 Å². The number of carbonyl (C=O) groups excluding carboxylic acids is 1. The number of hydrogen-bond donors (Lipinski definition) is 1. The van der Waals surface area contributed by atoms with Crippen molar-refractivity contribution in [3.05, 3.63) is 44.3 Å². The van der Waals surface area contributed by atoms with Gasteiger partial charge in [-0.05, 0) is 26.3 Å². The molecule has 1 aromatic carbocycles. The summed E-state index contributed by atoms with van der Waals surface area (Å²) in [5.74, 6) is 0.921. The zero-order valence-corrected chi connectivity index (χ0v) is 19.3. The van der Waals surface area contributed by atoms with Crippen LogP contribution in [0.15, 0.2) is 16.9 Å². The quantitative estimate of drug-likeness (QED) is 0.623. The predicted molar refractivity (Wildman–Crippen MR) is 119 cm³/mol. The monoisotopic (exact) mass is 444 g/mol. The number of benzene rings is 1. The Balaban J connectivity index is 1.99. The highest BCUT2D eigenvalue weighted by Crippen LogP contribution is 2.40. The van der Waals surface area contributed by atoms with Gasteiger partial charge in [0.25, 0.3) is 11.5 Å². The summed E-state index contributed by atoms with van der Waals surface area (Å²) in [5.41, 5.74) is 2.67. The number of thiazole rings is 1. The topological polar surface area (TPSA) is 105 Å². The molecule has 164 valence electrons. The van der Waals surface area contributed by atoms with Gasteiger partial charge in [-0.2, -0.15) is 5.10 Å². The summed E-state index contributed by atoms with van der Waals surface area (Å²) < 4.78 is 17.3. The molecule has 31 heavy (non-hydrogen) atoms. The molecule has 0 aliphatic heterocycles. The second-order valence-electron chi connectivity index (χ2n) is 6.82. The normalized spacial score (nSPS) is 10.7. The number of nitrogens with one attached hydrogen (secondary N) is 1. The van der Waals surface area contributed by atoms with E-state index in [0.29, 0.717) is 44.1 Å². The number of ether oxygens (including phenoxy) is 3. The third kappa shape index (κ3) is 4.11. The SMILES string of the molecule is COc1cc(NC(=O)c2sc(-c3c(C)c(C)nn(C)c3=O)nc2C)cc(OC)c1OC. The van der Waals surface area contributed by atoms with Gasteiger partial charge in [0.15, 0.2) is 11.5 Å². The third-order valence-corrected chi connectivity index (χ3v) is 6.04. The fraction of sp³-hybridized carbons (Fsp3) is 0.333. The highest BCUT2D eigenvalue weighted by Gasteiger charge is 2.22. The molecule has 0 saturated heterocycles. The molecule has 10 heteroatoms. The van der Waals surface area contributed by atoms with E-state index in [0.717, 1.165) is 22.6 Å². The molecule has 0 unspecified atom stereocenters. The molecule has 0 atom stereocenters. The summed E-state index contributed by atoms with van der Waals surface area (Å²) in [4.78, 5) is 30.5. The molecule has 1 N–H and O–H groups in total. The molecule has 3 aromatic rings. The maximum Gasteiger partial charge on any atom is 0.277 e. The Bertz CT molecular complexity index is 1190. The second-order valence-corrected chi connectivity index (χ2v) is 7.81. The molecule has 2 heterocycles. The summed E-state index contributed by atoms with van der Waals surface area (Å²) in [6, 6.07) is 3.28.